The molecule has 3 heteroatoms. The Balaban J connectivity index is 2.05. The summed E-state index contributed by atoms with van der Waals surface area (Å²) in [4.78, 5) is 12.4. The normalized spacial score (nSPS) is 22.2. The van der Waals surface area contributed by atoms with Gasteiger partial charge in [-0.15, -0.1) is 0 Å². The summed E-state index contributed by atoms with van der Waals surface area (Å²) in [7, 11) is 0. The molecule has 1 heterocycles. The molecule has 0 bridgehead atoms. The first-order valence-electron chi connectivity index (χ1n) is 9.24. The maximum atomic E-state index is 12.4. The zero-order valence-electron chi connectivity index (χ0n) is 14.3. The van der Waals surface area contributed by atoms with E-state index in [1.807, 2.05) is 0 Å². The summed E-state index contributed by atoms with van der Waals surface area (Å²) >= 11 is 0. The largest absolute Gasteiger partial charge is 0.356 e. The van der Waals surface area contributed by atoms with Crippen molar-refractivity contribution in [3.05, 3.63) is 0 Å². The number of rotatable bonds is 11. The Kier molecular flexibility index (Phi) is 9.73. The molecule has 0 aromatic carbocycles. The van der Waals surface area contributed by atoms with Gasteiger partial charge in [-0.3, -0.25) is 4.79 Å². The van der Waals surface area contributed by atoms with Gasteiger partial charge in [0.1, 0.15) is 0 Å². The van der Waals surface area contributed by atoms with Gasteiger partial charge in [0.15, 0.2) is 0 Å². The minimum Gasteiger partial charge on any atom is -0.356 e. The molecular weight excluding hydrogens is 260 g/mol. The number of hydrogen-bond donors (Lipinski definition) is 2. The molecule has 3 nitrogen and oxygen atoms in total. The number of carbonyl (C=O) groups is 1. The van der Waals surface area contributed by atoms with Crippen LogP contribution in [-0.4, -0.2) is 25.5 Å². The second-order valence-electron chi connectivity index (χ2n) is 6.64. The van der Waals surface area contributed by atoms with Crippen LogP contribution < -0.4 is 10.6 Å². The summed E-state index contributed by atoms with van der Waals surface area (Å²) in [5, 5.41) is 6.56. The standard InChI is InChI=1S/C18H36N2O/c1-3-5-6-7-8-9-10-11-15-20-17(21)18(4-2)13-12-14-19-16-18/h19H,3-16H2,1-2H3,(H,20,21). The minimum absolute atomic E-state index is 0.140. The molecule has 1 atom stereocenters. The van der Waals surface area contributed by atoms with E-state index in [1.54, 1.807) is 0 Å². The van der Waals surface area contributed by atoms with Crippen LogP contribution in [0.2, 0.25) is 0 Å². The second kappa shape index (κ2) is 11.1. The van der Waals surface area contributed by atoms with E-state index in [9.17, 15) is 4.79 Å². The van der Waals surface area contributed by atoms with E-state index in [1.165, 1.54) is 44.9 Å². The van der Waals surface area contributed by atoms with Crippen molar-refractivity contribution in [2.45, 2.75) is 84.5 Å². The average Bonchev–Trinajstić information content (AvgIpc) is 2.53. The highest BCUT2D eigenvalue weighted by Gasteiger charge is 2.37. The summed E-state index contributed by atoms with van der Waals surface area (Å²) in [6.07, 6.45) is 13.6. The van der Waals surface area contributed by atoms with E-state index in [0.29, 0.717) is 0 Å². The molecule has 1 aliphatic rings. The van der Waals surface area contributed by atoms with Crippen molar-refractivity contribution < 1.29 is 4.79 Å². The van der Waals surface area contributed by atoms with E-state index in [4.69, 9.17) is 0 Å². The molecular formula is C18H36N2O. The molecule has 124 valence electrons. The van der Waals surface area contributed by atoms with Crippen molar-refractivity contribution in [2.24, 2.45) is 5.41 Å². The van der Waals surface area contributed by atoms with Crippen LogP contribution in [0.5, 0.6) is 0 Å². The third kappa shape index (κ3) is 6.82. The number of unbranched alkanes of at least 4 members (excludes halogenated alkanes) is 7. The summed E-state index contributed by atoms with van der Waals surface area (Å²) in [5.74, 6) is 0.278. The van der Waals surface area contributed by atoms with Gasteiger partial charge in [0.2, 0.25) is 5.91 Å². The molecule has 0 aromatic heterocycles. The average molecular weight is 296 g/mol. The molecule has 0 aliphatic carbocycles. The van der Waals surface area contributed by atoms with Gasteiger partial charge in [-0.1, -0.05) is 58.8 Å². The SMILES string of the molecule is CCCCCCCCCCNC(=O)C1(CC)CCCNC1. The molecule has 1 aliphatic heterocycles. The molecule has 1 rings (SSSR count). The highest BCUT2D eigenvalue weighted by Crippen LogP contribution is 2.30. The summed E-state index contributed by atoms with van der Waals surface area (Å²) in [6.45, 7) is 7.17. The van der Waals surface area contributed by atoms with Crippen LogP contribution in [0, 0.1) is 5.41 Å². The molecule has 0 saturated carbocycles. The summed E-state index contributed by atoms with van der Waals surface area (Å²) in [5.41, 5.74) is -0.140. The van der Waals surface area contributed by atoms with Crippen molar-refractivity contribution >= 4 is 5.91 Å². The fourth-order valence-corrected chi connectivity index (χ4v) is 3.27. The Bertz CT molecular complexity index is 272. The zero-order valence-corrected chi connectivity index (χ0v) is 14.3. The first kappa shape index (κ1) is 18.5. The van der Waals surface area contributed by atoms with Gasteiger partial charge in [-0.2, -0.15) is 0 Å². The molecule has 0 spiro atoms. The van der Waals surface area contributed by atoms with E-state index >= 15 is 0 Å². The Hall–Kier alpha value is -0.570. The van der Waals surface area contributed by atoms with Crippen LogP contribution in [0.25, 0.3) is 0 Å². The number of carbonyl (C=O) groups excluding carboxylic acids is 1. The van der Waals surface area contributed by atoms with Crippen molar-refractivity contribution in [1.29, 1.82) is 0 Å². The number of amides is 1. The first-order chi connectivity index (χ1) is 10.2. The molecule has 0 radical (unpaired) electrons. The number of hydrogen-bond acceptors (Lipinski definition) is 2. The number of nitrogens with one attached hydrogen (secondary N) is 2. The summed E-state index contributed by atoms with van der Waals surface area (Å²) in [6, 6.07) is 0. The lowest BCUT2D eigenvalue weighted by Crippen LogP contribution is -2.50. The maximum Gasteiger partial charge on any atom is 0.227 e. The molecule has 1 fully saturated rings. The van der Waals surface area contributed by atoms with Crippen LogP contribution in [0.15, 0.2) is 0 Å². The van der Waals surface area contributed by atoms with Gasteiger partial charge in [0, 0.05) is 13.1 Å². The van der Waals surface area contributed by atoms with Gasteiger partial charge in [-0.05, 0) is 32.2 Å². The maximum absolute atomic E-state index is 12.4. The Labute approximate surface area is 131 Å². The van der Waals surface area contributed by atoms with E-state index < -0.39 is 0 Å². The van der Waals surface area contributed by atoms with Gasteiger partial charge in [-0.25, -0.2) is 0 Å². The predicted octanol–water partition coefficient (Wildman–Crippen LogP) is 4.02. The van der Waals surface area contributed by atoms with Crippen molar-refractivity contribution in [2.75, 3.05) is 19.6 Å². The van der Waals surface area contributed by atoms with Crippen molar-refractivity contribution in [1.82, 2.24) is 10.6 Å². The van der Waals surface area contributed by atoms with E-state index in [-0.39, 0.29) is 11.3 Å². The molecule has 1 unspecified atom stereocenters. The van der Waals surface area contributed by atoms with Gasteiger partial charge < -0.3 is 10.6 Å². The van der Waals surface area contributed by atoms with Crippen LogP contribution in [0.1, 0.15) is 84.5 Å². The Morgan fingerprint density at radius 2 is 1.71 bits per heavy atom. The summed E-state index contributed by atoms with van der Waals surface area (Å²) < 4.78 is 0. The lowest BCUT2D eigenvalue weighted by Gasteiger charge is -2.35. The van der Waals surface area contributed by atoms with Crippen molar-refractivity contribution in [3.63, 3.8) is 0 Å². The third-order valence-electron chi connectivity index (χ3n) is 4.95. The van der Waals surface area contributed by atoms with Crippen LogP contribution in [0.4, 0.5) is 0 Å². The molecule has 2 N–H and O–H groups in total. The van der Waals surface area contributed by atoms with Crippen LogP contribution in [-0.2, 0) is 4.79 Å². The topological polar surface area (TPSA) is 41.1 Å². The van der Waals surface area contributed by atoms with E-state index in [0.717, 1.165) is 45.3 Å². The quantitative estimate of drug-likeness (QED) is 0.565. The Morgan fingerprint density at radius 3 is 2.29 bits per heavy atom. The fourth-order valence-electron chi connectivity index (χ4n) is 3.27. The zero-order chi connectivity index (χ0) is 15.4. The van der Waals surface area contributed by atoms with E-state index in [2.05, 4.69) is 24.5 Å². The highest BCUT2D eigenvalue weighted by molar-refractivity contribution is 5.82. The van der Waals surface area contributed by atoms with Gasteiger partial charge in [0.05, 0.1) is 5.41 Å². The van der Waals surface area contributed by atoms with Gasteiger partial charge in [0.25, 0.3) is 0 Å². The minimum atomic E-state index is -0.140. The van der Waals surface area contributed by atoms with Crippen LogP contribution >= 0.6 is 0 Å². The molecule has 21 heavy (non-hydrogen) atoms. The number of piperidine rings is 1. The Morgan fingerprint density at radius 1 is 1.05 bits per heavy atom. The monoisotopic (exact) mass is 296 g/mol. The second-order valence-corrected chi connectivity index (χ2v) is 6.64. The fraction of sp³-hybridized carbons (Fsp3) is 0.944. The highest BCUT2D eigenvalue weighted by atomic mass is 16.2. The lowest BCUT2D eigenvalue weighted by molar-refractivity contribution is -0.132. The first-order valence-corrected chi connectivity index (χ1v) is 9.24. The van der Waals surface area contributed by atoms with Crippen molar-refractivity contribution in [3.8, 4) is 0 Å². The lowest BCUT2D eigenvalue weighted by atomic mass is 9.77. The predicted molar refractivity (Wildman–Crippen MR) is 90.4 cm³/mol. The smallest absolute Gasteiger partial charge is 0.227 e. The molecule has 0 aromatic rings. The molecule has 1 amide bonds. The third-order valence-corrected chi connectivity index (χ3v) is 4.95. The van der Waals surface area contributed by atoms with Gasteiger partial charge >= 0.3 is 0 Å². The molecule has 1 saturated heterocycles. The van der Waals surface area contributed by atoms with Crippen LogP contribution in [0.3, 0.4) is 0 Å².